The van der Waals surface area contributed by atoms with Gasteiger partial charge in [0.15, 0.2) is 5.60 Å². The maximum Gasteiger partial charge on any atom is 0.150 e. The standard InChI is InChI=1S/C66H48N4O/c1-63(2)49-33-43(39-19-11-7-12-20-39)27-30-53(49)69(54-31-28-44(34-50(54)63)40-21-13-8-14-22-40)60-47(37-67)56-58-61(48(60)38-68)70-55-32-29-45(41-23-15-9-16-24-41)35-51(55)64(3,4)52-36-46(42-25-17-10-18-26-42)57-59(62(52)70)66(57,58)71-65(56,5)6/h7-36H,1-6H3. The molecule has 338 valence electrons. The summed E-state index contributed by atoms with van der Waals surface area (Å²) in [4.78, 5) is 4.64. The molecule has 5 aliphatic rings. The van der Waals surface area contributed by atoms with E-state index in [1.165, 1.54) is 5.56 Å². The molecule has 71 heavy (non-hydrogen) atoms. The van der Waals surface area contributed by atoms with Crippen molar-refractivity contribution in [1.82, 2.24) is 0 Å². The Kier molecular flexibility index (Phi) is 8.23. The molecule has 5 nitrogen and oxygen atoms in total. The van der Waals surface area contributed by atoms with Gasteiger partial charge in [0.2, 0.25) is 0 Å². The Labute approximate surface area is 415 Å². The minimum absolute atomic E-state index is 0.444. The van der Waals surface area contributed by atoms with Crippen molar-refractivity contribution in [3.8, 4) is 56.6 Å². The molecule has 0 amide bonds. The van der Waals surface area contributed by atoms with Crippen LogP contribution in [0.4, 0.5) is 34.1 Å². The zero-order valence-electron chi connectivity index (χ0n) is 40.5. The first-order valence-corrected chi connectivity index (χ1v) is 24.6. The summed E-state index contributed by atoms with van der Waals surface area (Å²) in [5, 5.41) is 24.2. The normalized spacial score (nSPS) is 18.0. The zero-order valence-corrected chi connectivity index (χ0v) is 40.5. The first kappa shape index (κ1) is 41.5. The Bertz CT molecular complexity index is 3800. The number of fused-ring (bicyclic) bond motifs is 5. The van der Waals surface area contributed by atoms with Crippen LogP contribution in [0, 0.1) is 22.7 Å². The highest BCUT2D eigenvalue weighted by molar-refractivity contribution is 6.08. The number of hydrogen-bond acceptors (Lipinski definition) is 5. The number of ether oxygens (including phenoxy) is 1. The number of hydrogen-bond donors (Lipinski definition) is 0. The third kappa shape index (κ3) is 5.31. The fraction of sp³-hybridized carbons (Fsp3) is 0.152. The van der Waals surface area contributed by atoms with Crippen LogP contribution in [0.2, 0.25) is 0 Å². The van der Waals surface area contributed by atoms with E-state index in [2.05, 4.69) is 233 Å². The lowest BCUT2D eigenvalue weighted by Crippen LogP contribution is -2.35. The van der Waals surface area contributed by atoms with Crippen LogP contribution in [-0.2, 0) is 26.8 Å². The second-order valence-corrected chi connectivity index (χ2v) is 21.4. The quantitative estimate of drug-likeness (QED) is 0.172. The van der Waals surface area contributed by atoms with E-state index in [-0.39, 0.29) is 0 Å². The van der Waals surface area contributed by atoms with E-state index in [0.29, 0.717) is 16.8 Å². The first-order valence-electron chi connectivity index (χ1n) is 24.6. The van der Waals surface area contributed by atoms with Crippen molar-refractivity contribution in [2.75, 3.05) is 9.80 Å². The molecule has 0 saturated heterocycles. The number of benzene rings is 9. The topological polar surface area (TPSA) is 63.3 Å². The first-order chi connectivity index (χ1) is 34.4. The highest BCUT2D eigenvalue weighted by Gasteiger charge is 2.71. The van der Waals surface area contributed by atoms with E-state index >= 15 is 0 Å². The molecule has 0 radical (unpaired) electrons. The van der Waals surface area contributed by atoms with Crippen molar-refractivity contribution in [3.63, 3.8) is 0 Å². The van der Waals surface area contributed by atoms with Gasteiger partial charge in [-0.15, -0.1) is 0 Å². The lowest BCUT2D eigenvalue weighted by atomic mass is 9.70. The zero-order chi connectivity index (χ0) is 48.3. The Morgan fingerprint density at radius 3 is 1.23 bits per heavy atom. The van der Waals surface area contributed by atoms with Crippen LogP contribution in [0.25, 0.3) is 44.5 Å². The number of anilines is 6. The van der Waals surface area contributed by atoms with Gasteiger partial charge in [0.1, 0.15) is 17.7 Å². The molecule has 4 aliphatic heterocycles. The van der Waals surface area contributed by atoms with Crippen LogP contribution in [0.3, 0.4) is 0 Å². The van der Waals surface area contributed by atoms with E-state index in [9.17, 15) is 10.5 Å². The van der Waals surface area contributed by atoms with Crippen molar-refractivity contribution in [2.45, 2.75) is 63.6 Å². The fourth-order valence-corrected chi connectivity index (χ4v) is 13.2. The van der Waals surface area contributed by atoms with Crippen molar-refractivity contribution >= 4 is 34.1 Å². The van der Waals surface area contributed by atoms with Crippen LogP contribution in [0.1, 0.15) is 97.2 Å². The Balaban J connectivity index is 1.11. The van der Waals surface area contributed by atoms with Crippen molar-refractivity contribution in [2.24, 2.45) is 0 Å². The van der Waals surface area contributed by atoms with Gasteiger partial charge in [-0.1, -0.05) is 167 Å². The van der Waals surface area contributed by atoms with E-state index in [4.69, 9.17) is 4.74 Å². The molecule has 9 aromatic rings. The molecular weight excluding hydrogens is 865 g/mol. The van der Waals surface area contributed by atoms with Gasteiger partial charge in [0.25, 0.3) is 0 Å². The summed E-state index contributed by atoms with van der Waals surface area (Å²) in [6.07, 6.45) is 0. The fourth-order valence-electron chi connectivity index (χ4n) is 13.2. The Morgan fingerprint density at radius 1 is 0.366 bits per heavy atom. The third-order valence-corrected chi connectivity index (χ3v) is 16.5. The summed E-state index contributed by atoms with van der Waals surface area (Å²) >= 11 is 0. The monoisotopic (exact) mass is 912 g/mol. The molecule has 1 aliphatic carbocycles. The molecule has 14 rings (SSSR count). The second-order valence-electron chi connectivity index (χ2n) is 21.4. The molecular formula is C66H48N4O. The van der Waals surface area contributed by atoms with Crippen LogP contribution in [0.15, 0.2) is 182 Å². The SMILES string of the molecule is CC1(C)OC23c4c(c(C#N)c(N5c6ccc(-c7ccccc7)cc6C(C)(C)c6cc(-c7ccccc7)ccc65)c(C#N)c41)N1c4ccc(-c5ccccc5)cc4C(C)(C)c4cc(-c5ccccc5)c2c3c41. The third-order valence-electron chi connectivity index (χ3n) is 16.5. The van der Waals surface area contributed by atoms with Gasteiger partial charge in [-0.25, -0.2) is 0 Å². The average Bonchev–Trinajstić information content (AvgIpc) is 3.99. The van der Waals surface area contributed by atoms with Gasteiger partial charge in [-0.3, -0.25) is 0 Å². The summed E-state index contributed by atoms with van der Waals surface area (Å²) in [5.74, 6) is 0. The molecule has 0 aromatic heterocycles. The van der Waals surface area contributed by atoms with E-state index in [0.717, 1.165) is 112 Å². The maximum absolute atomic E-state index is 12.2. The smallest absolute Gasteiger partial charge is 0.150 e. The van der Waals surface area contributed by atoms with Crippen molar-refractivity contribution in [1.29, 1.82) is 10.5 Å². The summed E-state index contributed by atoms with van der Waals surface area (Å²) in [7, 11) is 0. The molecule has 1 unspecified atom stereocenters. The van der Waals surface area contributed by atoms with Gasteiger partial charge >= 0.3 is 0 Å². The Hall–Kier alpha value is -8.48. The number of rotatable bonds is 5. The van der Waals surface area contributed by atoms with Gasteiger partial charge < -0.3 is 14.5 Å². The van der Waals surface area contributed by atoms with Crippen LogP contribution < -0.4 is 9.80 Å². The Morgan fingerprint density at radius 2 is 0.775 bits per heavy atom. The lowest BCUT2D eigenvalue weighted by molar-refractivity contribution is -0.0565. The number of nitriles is 2. The lowest BCUT2D eigenvalue weighted by Gasteiger charge is -2.46. The molecule has 1 spiro atoms. The van der Waals surface area contributed by atoms with Gasteiger partial charge in [-0.2, -0.15) is 10.5 Å². The van der Waals surface area contributed by atoms with Gasteiger partial charge in [0, 0.05) is 33.1 Å². The molecule has 0 N–H and O–H groups in total. The predicted molar refractivity (Wildman–Crippen MR) is 285 cm³/mol. The van der Waals surface area contributed by atoms with E-state index in [1.807, 2.05) is 12.1 Å². The number of nitrogens with zero attached hydrogens (tertiary/aromatic N) is 4. The molecule has 0 saturated carbocycles. The summed E-state index contributed by atoms with van der Waals surface area (Å²) in [6.45, 7) is 13.5. The largest absolute Gasteiger partial charge is 0.350 e. The van der Waals surface area contributed by atoms with Crippen molar-refractivity contribution in [3.05, 3.63) is 238 Å². The predicted octanol–water partition coefficient (Wildman–Crippen LogP) is 16.5. The minimum atomic E-state index is -0.953. The second kappa shape index (κ2) is 14.1. The summed E-state index contributed by atoms with van der Waals surface area (Å²) in [5.41, 5.74) is 20.9. The molecule has 1 atom stereocenters. The molecule has 5 heteroatoms. The van der Waals surface area contributed by atoms with Crippen LogP contribution in [0.5, 0.6) is 0 Å². The maximum atomic E-state index is 12.2. The average molecular weight is 913 g/mol. The highest BCUT2D eigenvalue weighted by atomic mass is 16.5. The van der Waals surface area contributed by atoms with Crippen LogP contribution >= 0.6 is 0 Å². The molecule has 0 fully saturated rings. The summed E-state index contributed by atoms with van der Waals surface area (Å²) in [6, 6.07) is 70.5. The van der Waals surface area contributed by atoms with Gasteiger partial charge in [-0.05, 0) is 123 Å². The highest BCUT2D eigenvalue weighted by Crippen LogP contribution is 2.78. The summed E-state index contributed by atoms with van der Waals surface area (Å²) < 4.78 is 7.66. The van der Waals surface area contributed by atoms with Crippen molar-refractivity contribution < 1.29 is 4.74 Å². The van der Waals surface area contributed by atoms with E-state index in [1.54, 1.807) is 0 Å². The molecule has 0 bridgehead atoms. The van der Waals surface area contributed by atoms with E-state index < -0.39 is 22.0 Å². The van der Waals surface area contributed by atoms with Gasteiger partial charge in [0.05, 0.1) is 45.3 Å². The minimum Gasteiger partial charge on any atom is -0.350 e. The molecule has 4 heterocycles. The molecule has 9 aromatic carbocycles. The van der Waals surface area contributed by atoms with Crippen LogP contribution in [-0.4, -0.2) is 0 Å².